The zero-order valence-corrected chi connectivity index (χ0v) is 12.3. The standard InChI is InChI=1S/C11H14BN3O2S2/c1-15(2)10-13-14-11(19-10)18-7-8-4-3-5-9(6-8)12(16)17/h3-6,16-17H,7H2,1-2H3. The maximum Gasteiger partial charge on any atom is 0.488 e. The molecule has 1 aromatic heterocycles. The summed E-state index contributed by atoms with van der Waals surface area (Å²) >= 11 is 3.13. The van der Waals surface area contributed by atoms with Crippen LogP contribution < -0.4 is 10.4 Å². The van der Waals surface area contributed by atoms with Gasteiger partial charge in [0.25, 0.3) is 0 Å². The summed E-state index contributed by atoms with van der Waals surface area (Å²) in [6.45, 7) is 0. The fourth-order valence-electron chi connectivity index (χ4n) is 1.43. The Morgan fingerprint density at radius 2 is 2.11 bits per heavy atom. The lowest BCUT2D eigenvalue weighted by Crippen LogP contribution is -2.29. The molecule has 2 rings (SSSR count). The summed E-state index contributed by atoms with van der Waals surface area (Å²) in [5.41, 5.74) is 1.53. The van der Waals surface area contributed by atoms with Crippen molar-refractivity contribution in [3.63, 3.8) is 0 Å². The average molecular weight is 295 g/mol. The van der Waals surface area contributed by atoms with Crippen molar-refractivity contribution in [2.45, 2.75) is 10.1 Å². The number of thioether (sulfide) groups is 1. The predicted molar refractivity (Wildman–Crippen MR) is 80.1 cm³/mol. The fourth-order valence-corrected chi connectivity index (χ4v) is 3.14. The molecule has 2 N–H and O–H groups in total. The molecule has 100 valence electrons. The van der Waals surface area contributed by atoms with Gasteiger partial charge in [0.2, 0.25) is 5.13 Å². The Balaban J connectivity index is 1.99. The van der Waals surface area contributed by atoms with Gasteiger partial charge in [-0.3, -0.25) is 0 Å². The normalized spacial score (nSPS) is 10.5. The van der Waals surface area contributed by atoms with Gasteiger partial charge >= 0.3 is 7.12 Å². The summed E-state index contributed by atoms with van der Waals surface area (Å²) in [5.74, 6) is 0.725. The number of benzene rings is 1. The number of nitrogens with zero attached hydrogens (tertiary/aromatic N) is 3. The summed E-state index contributed by atoms with van der Waals surface area (Å²) in [6, 6.07) is 7.24. The molecule has 0 bridgehead atoms. The fraction of sp³-hybridized carbons (Fsp3) is 0.273. The molecule has 1 aromatic carbocycles. The van der Waals surface area contributed by atoms with E-state index in [9.17, 15) is 0 Å². The quantitative estimate of drug-likeness (QED) is 0.621. The Hall–Kier alpha value is -1.09. The van der Waals surface area contributed by atoms with Crippen LogP contribution in [0, 0.1) is 0 Å². The van der Waals surface area contributed by atoms with Gasteiger partial charge in [-0.2, -0.15) is 0 Å². The van der Waals surface area contributed by atoms with Crippen molar-refractivity contribution in [2.24, 2.45) is 0 Å². The van der Waals surface area contributed by atoms with Gasteiger partial charge in [-0.1, -0.05) is 47.4 Å². The van der Waals surface area contributed by atoms with E-state index in [1.165, 1.54) is 11.3 Å². The molecule has 0 atom stereocenters. The maximum absolute atomic E-state index is 9.12. The molecule has 0 spiro atoms. The first-order valence-electron chi connectivity index (χ1n) is 5.65. The minimum Gasteiger partial charge on any atom is -0.423 e. The van der Waals surface area contributed by atoms with Gasteiger partial charge in [0.05, 0.1) is 0 Å². The second-order valence-corrected chi connectivity index (χ2v) is 6.33. The molecule has 5 nitrogen and oxygen atoms in total. The lowest BCUT2D eigenvalue weighted by atomic mass is 9.80. The zero-order chi connectivity index (χ0) is 13.8. The van der Waals surface area contributed by atoms with Crippen molar-refractivity contribution >= 4 is 40.8 Å². The molecule has 0 unspecified atom stereocenters. The molecule has 1 heterocycles. The molecule has 19 heavy (non-hydrogen) atoms. The van der Waals surface area contributed by atoms with Gasteiger partial charge in [0.15, 0.2) is 4.34 Å². The Morgan fingerprint density at radius 1 is 1.32 bits per heavy atom. The van der Waals surface area contributed by atoms with Crippen LogP contribution in [0.4, 0.5) is 5.13 Å². The molecule has 0 radical (unpaired) electrons. The minimum atomic E-state index is -1.42. The SMILES string of the molecule is CN(C)c1nnc(SCc2cccc(B(O)O)c2)s1. The number of hydrogen-bond acceptors (Lipinski definition) is 7. The Bertz CT molecular complexity index is 548. The van der Waals surface area contributed by atoms with Gasteiger partial charge in [0, 0.05) is 19.8 Å². The lowest BCUT2D eigenvalue weighted by molar-refractivity contribution is 0.425. The van der Waals surface area contributed by atoms with Crippen molar-refractivity contribution < 1.29 is 10.0 Å². The Morgan fingerprint density at radius 3 is 2.74 bits per heavy atom. The van der Waals surface area contributed by atoms with E-state index in [2.05, 4.69) is 10.2 Å². The molecular weight excluding hydrogens is 281 g/mol. The Kier molecular flexibility index (Phi) is 4.81. The van der Waals surface area contributed by atoms with E-state index in [4.69, 9.17) is 10.0 Å². The molecule has 0 aliphatic heterocycles. The van der Waals surface area contributed by atoms with Gasteiger partial charge in [-0.15, -0.1) is 10.2 Å². The van der Waals surface area contributed by atoms with E-state index >= 15 is 0 Å². The van der Waals surface area contributed by atoms with Crippen molar-refractivity contribution in [1.29, 1.82) is 0 Å². The average Bonchev–Trinajstić information content (AvgIpc) is 2.85. The molecule has 0 saturated carbocycles. The summed E-state index contributed by atoms with van der Waals surface area (Å²) in [6.07, 6.45) is 0. The summed E-state index contributed by atoms with van der Waals surface area (Å²) < 4.78 is 0.902. The molecule has 0 fully saturated rings. The maximum atomic E-state index is 9.12. The monoisotopic (exact) mass is 295 g/mol. The molecule has 2 aromatic rings. The highest BCUT2D eigenvalue weighted by Crippen LogP contribution is 2.29. The first-order valence-corrected chi connectivity index (χ1v) is 7.45. The van der Waals surface area contributed by atoms with E-state index in [0.29, 0.717) is 5.46 Å². The van der Waals surface area contributed by atoms with Crippen molar-refractivity contribution in [3.05, 3.63) is 29.8 Å². The number of rotatable bonds is 5. The molecule has 8 heteroatoms. The molecule has 0 aliphatic rings. The highest BCUT2D eigenvalue weighted by Gasteiger charge is 2.11. The van der Waals surface area contributed by atoms with Crippen LogP contribution in [0.3, 0.4) is 0 Å². The topological polar surface area (TPSA) is 69.5 Å². The summed E-state index contributed by atoms with van der Waals surface area (Å²) in [4.78, 5) is 1.92. The van der Waals surface area contributed by atoms with Gasteiger partial charge in [-0.25, -0.2) is 0 Å². The van der Waals surface area contributed by atoms with E-state index in [1.54, 1.807) is 23.9 Å². The van der Waals surface area contributed by atoms with Crippen LogP contribution in [-0.4, -0.2) is 41.5 Å². The van der Waals surface area contributed by atoms with Gasteiger partial charge in [0.1, 0.15) is 0 Å². The van der Waals surface area contributed by atoms with Crippen LogP contribution in [0.2, 0.25) is 0 Å². The number of anilines is 1. The predicted octanol–water partition coefficient (Wildman–Crippen LogP) is 0.576. The highest BCUT2D eigenvalue weighted by molar-refractivity contribution is 8.00. The van der Waals surface area contributed by atoms with Crippen LogP contribution in [0.5, 0.6) is 0 Å². The van der Waals surface area contributed by atoms with Gasteiger partial charge in [-0.05, 0) is 11.0 Å². The highest BCUT2D eigenvalue weighted by atomic mass is 32.2. The number of hydrogen-bond donors (Lipinski definition) is 2. The molecule has 0 saturated heterocycles. The largest absolute Gasteiger partial charge is 0.488 e. The zero-order valence-electron chi connectivity index (χ0n) is 10.6. The third-order valence-electron chi connectivity index (χ3n) is 2.39. The first-order chi connectivity index (χ1) is 9.06. The molecule has 0 amide bonds. The van der Waals surface area contributed by atoms with Crippen LogP contribution in [0.1, 0.15) is 5.56 Å². The molecule has 0 aliphatic carbocycles. The van der Waals surface area contributed by atoms with Crippen molar-refractivity contribution in [2.75, 3.05) is 19.0 Å². The lowest BCUT2D eigenvalue weighted by Gasteiger charge is -2.04. The summed E-state index contributed by atoms with van der Waals surface area (Å²) in [5, 5.41) is 27.3. The minimum absolute atomic E-state index is 0.504. The number of aromatic nitrogens is 2. The second-order valence-electron chi connectivity index (χ2n) is 4.15. The first kappa shape index (κ1) is 14.3. The van der Waals surface area contributed by atoms with Crippen LogP contribution in [-0.2, 0) is 5.75 Å². The third kappa shape index (κ3) is 3.94. The van der Waals surface area contributed by atoms with E-state index < -0.39 is 7.12 Å². The second kappa shape index (κ2) is 6.38. The van der Waals surface area contributed by atoms with Crippen molar-refractivity contribution in [1.82, 2.24) is 10.2 Å². The van der Waals surface area contributed by atoms with E-state index in [-0.39, 0.29) is 0 Å². The van der Waals surface area contributed by atoms with Crippen molar-refractivity contribution in [3.8, 4) is 0 Å². The molecular formula is C11H14BN3O2S2. The third-order valence-corrected chi connectivity index (χ3v) is 4.69. The smallest absolute Gasteiger partial charge is 0.423 e. The van der Waals surface area contributed by atoms with Crippen LogP contribution in [0.15, 0.2) is 28.6 Å². The van der Waals surface area contributed by atoms with E-state index in [1.807, 2.05) is 31.1 Å². The van der Waals surface area contributed by atoms with Crippen LogP contribution in [0.25, 0.3) is 0 Å². The van der Waals surface area contributed by atoms with Crippen LogP contribution >= 0.6 is 23.1 Å². The summed E-state index contributed by atoms with van der Waals surface area (Å²) in [7, 11) is 2.44. The van der Waals surface area contributed by atoms with E-state index in [0.717, 1.165) is 20.8 Å². The Labute approximate surface area is 120 Å². The van der Waals surface area contributed by atoms with Gasteiger partial charge < -0.3 is 14.9 Å².